The molecule has 2 fully saturated rings. The monoisotopic (exact) mass is 254 g/mol. The molecule has 1 aromatic heterocycles. The Morgan fingerprint density at radius 2 is 1.78 bits per heavy atom. The fourth-order valence-corrected chi connectivity index (χ4v) is 2.22. The maximum absolute atomic E-state index is 12.3. The highest BCUT2D eigenvalue weighted by Gasteiger charge is 2.30. The van der Waals surface area contributed by atoms with Gasteiger partial charge < -0.3 is 14.6 Å². The van der Waals surface area contributed by atoms with Gasteiger partial charge in [-0.15, -0.1) is 0 Å². The van der Waals surface area contributed by atoms with Crippen LogP contribution in [0.15, 0.2) is 4.79 Å². The minimum Gasteiger partial charge on any atom is -0.493 e. The largest absolute Gasteiger partial charge is 0.493 e. The molecule has 3 heterocycles. The van der Waals surface area contributed by atoms with Crippen molar-refractivity contribution in [3.63, 3.8) is 0 Å². The van der Waals surface area contributed by atoms with Gasteiger partial charge in [-0.2, -0.15) is 0 Å². The first-order valence-corrected chi connectivity index (χ1v) is 6.45. The molecule has 1 aromatic rings. The third-order valence-corrected chi connectivity index (χ3v) is 3.37. The highest BCUT2D eigenvalue weighted by Crippen LogP contribution is 2.23. The predicted octanol–water partition coefficient (Wildman–Crippen LogP) is 0.105. The second-order valence-corrected chi connectivity index (χ2v) is 4.93. The van der Waals surface area contributed by atoms with Crippen LogP contribution in [0.1, 0.15) is 19.0 Å². The van der Waals surface area contributed by atoms with Crippen LogP contribution in [0.4, 0.5) is 0 Å². The zero-order valence-corrected chi connectivity index (χ0v) is 10.5. The van der Waals surface area contributed by atoms with Crippen LogP contribution in [0, 0.1) is 0 Å². The van der Waals surface area contributed by atoms with Crippen molar-refractivity contribution in [2.45, 2.75) is 45.1 Å². The van der Waals surface area contributed by atoms with Crippen LogP contribution >= 0.6 is 0 Å². The summed E-state index contributed by atoms with van der Waals surface area (Å²) in [7, 11) is 0. The average Bonchev–Trinajstić information content (AvgIpc) is 3.23. The molecule has 0 radical (unpaired) electrons. The number of aromatic hydroxyl groups is 1. The van der Waals surface area contributed by atoms with Crippen LogP contribution in [0.2, 0.25) is 0 Å². The first kappa shape index (κ1) is 11.8. The lowest BCUT2D eigenvalue weighted by Crippen LogP contribution is -2.28. The van der Waals surface area contributed by atoms with E-state index in [4.69, 9.17) is 9.47 Å². The van der Waals surface area contributed by atoms with Crippen molar-refractivity contribution in [2.75, 3.05) is 13.2 Å². The number of hydrogen-bond acceptors (Lipinski definition) is 4. The molecule has 1 N–H and O–H groups in total. The fourth-order valence-electron chi connectivity index (χ4n) is 2.22. The van der Waals surface area contributed by atoms with Crippen LogP contribution in [0.5, 0.6) is 5.88 Å². The van der Waals surface area contributed by atoms with Crippen molar-refractivity contribution in [2.24, 2.45) is 0 Å². The lowest BCUT2D eigenvalue weighted by molar-refractivity contribution is 0.351. The van der Waals surface area contributed by atoms with Gasteiger partial charge in [-0.05, 0) is 6.42 Å². The molecule has 100 valence electrons. The van der Waals surface area contributed by atoms with Gasteiger partial charge in [0.25, 0.3) is 0 Å². The maximum Gasteiger partial charge on any atom is 0.331 e. The lowest BCUT2D eigenvalue weighted by Gasteiger charge is -2.03. The van der Waals surface area contributed by atoms with Crippen LogP contribution < -0.4 is 5.69 Å². The maximum atomic E-state index is 12.3. The Hall–Kier alpha value is -1.27. The van der Waals surface area contributed by atoms with Gasteiger partial charge in [0, 0.05) is 0 Å². The van der Waals surface area contributed by atoms with E-state index in [0.717, 1.165) is 12.1 Å². The first-order valence-electron chi connectivity index (χ1n) is 6.45. The molecule has 2 aliphatic rings. The Labute approximate surface area is 105 Å². The topological polar surface area (TPSA) is 72.2 Å². The summed E-state index contributed by atoms with van der Waals surface area (Å²) in [4.78, 5) is 12.3. The van der Waals surface area contributed by atoms with Gasteiger partial charge in [0.2, 0.25) is 5.88 Å². The molecular weight excluding hydrogens is 236 g/mol. The summed E-state index contributed by atoms with van der Waals surface area (Å²) in [5, 5.41) is 10.2. The van der Waals surface area contributed by atoms with Crippen molar-refractivity contribution in [3.05, 3.63) is 16.2 Å². The Morgan fingerprint density at radius 3 is 2.28 bits per heavy atom. The Morgan fingerprint density at radius 1 is 1.22 bits per heavy atom. The molecule has 0 aromatic carbocycles. The lowest BCUT2D eigenvalue weighted by atomic mass is 10.2. The highest BCUT2D eigenvalue weighted by molar-refractivity contribution is 5.21. The van der Waals surface area contributed by atoms with Crippen LogP contribution in [-0.2, 0) is 29.0 Å². The summed E-state index contributed by atoms with van der Waals surface area (Å²) in [6.45, 7) is 4.39. The summed E-state index contributed by atoms with van der Waals surface area (Å²) < 4.78 is 13.4. The molecule has 6 heteroatoms. The molecule has 18 heavy (non-hydrogen) atoms. The van der Waals surface area contributed by atoms with E-state index in [1.165, 1.54) is 4.57 Å². The minimum absolute atomic E-state index is 0.0797. The van der Waals surface area contributed by atoms with E-state index in [1.807, 2.05) is 6.92 Å². The Balaban J connectivity index is 1.94. The number of imidazole rings is 1. The molecule has 3 rings (SSSR count). The molecule has 0 bridgehead atoms. The average molecular weight is 254 g/mol. The molecule has 0 spiro atoms. The van der Waals surface area contributed by atoms with Crippen molar-refractivity contribution < 1.29 is 14.6 Å². The van der Waals surface area contributed by atoms with Crippen LogP contribution in [0.25, 0.3) is 0 Å². The molecule has 6 nitrogen and oxygen atoms in total. The fraction of sp³-hybridized carbons (Fsp3) is 0.750. The molecule has 2 saturated heterocycles. The third kappa shape index (κ3) is 2.18. The van der Waals surface area contributed by atoms with E-state index in [1.54, 1.807) is 4.57 Å². The first-order chi connectivity index (χ1) is 8.70. The summed E-state index contributed by atoms with van der Waals surface area (Å²) in [6.07, 6.45) is 1.80. The van der Waals surface area contributed by atoms with Gasteiger partial charge in [-0.3, -0.25) is 9.13 Å². The number of epoxide rings is 2. The van der Waals surface area contributed by atoms with Crippen molar-refractivity contribution in [3.8, 4) is 5.88 Å². The van der Waals surface area contributed by atoms with Crippen molar-refractivity contribution >= 4 is 0 Å². The summed E-state index contributed by atoms with van der Waals surface area (Å²) in [6, 6.07) is 0. The van der Waals surface area contributed by atoms with Gasteiger partial charge in [0.05, 0.1) is 44.2 Å². The number of rotatable bonds is 6. The zero-order chi connectivity index (χ0) is 12.7. The molecule has 2 atom stereocenters. The van der Waals surface area contributed by atoms with E-state index in [9.17, 15) is 9.90 Å². The standard InChI is InChI=1S/C12H18N2O4/c1-2-3-10-11(15)14(5-9-7-18-9)12(16)13(10)4-8-6-17-8/h8-9,15H,2-7H2,1H3. The third-order valence-electron chi connectivity index (χ3n) is 3.37. The van der Waals surface area contributed by atoms with E-state index < -0.39 is 0 Å². The van der Waals surface area contributed by atoms with E-state index >= 15 is 0 Å². The molecule has 0 aliphatic carbocycles. The van der Waals surface area contributed by atoms with E-state index in [2.05, 4.69) is 0 Å². The Bertz CT molecular complexity index is 497. The second kappa shape index (κ2) is 4.44. The number of hydrogen-bond donors (Lipinski definition) is 1. The SMILES string of the molecule is CCCc1c(O)n(CC2CO2)c(=O)n1CC1CO1. The van der Waals surface area contributed by atoms with Gasteiger partial charge in [0.1, 0.15) is 0 Å². The molecule has 0 saturated carbocycles. The molecule has 2 unspecified atom stereocenters. The smallest absolute Gasteiger partial charge is 0.331 e. The van der Waals surface area contributed by atoms with Gasteiger partial charge in [-0.25, -0.2) is 4.79 Å². The molecular formula is C12H18N2O4. The zero-order valence-electron chi connectivity index (χ0n) is 10.5. The van der Waals surface area contributed by atoms with E-state index in [0.29, 0.717) is 32.7 Å². The van der Waals surface area contributed by atoms with Crippen LogP contribution in [-0.4, -0.2) is 39.7 Å². The van der Waals surface area contributed by atoms with Crippen molar-refractivity contribution in [1.82, 2.24) is 9.13 Å². The highest BCUT2D eigenvalue weighted by atomic mass is 16.6. The predicted molar refractivity (Wildman–Crippen MR) is 63.8 cm³/mol. The van der Waals surface area contributed by atoms with E-state index in [-0.39, 0.29) is 23.8 Å². The van der Waals surface area contributed by atoms with Gasteiger partial charge >= 0.3 is 5.69 Å². The number of nitrogens with zero attached hydrogens (tertiary/aromatic N) is 2. The minimum atomic E-state index is -0.151. The Kier molecular flexibility index (Phi) is 2.91. The normalized spacial score (nSPS) is 25.4. The van der Waals surface area contributed by atoms with Gasteiger partial charge in [0.15, 0.2) is 0 Å². The second-order valence-electron chi connectivity index (χ2n) is 4.93. The van der Waals surface area contributed by atoms with Crippen molar-refractivity contribution in [1.29, 1.82) is 0 Å². The molecule has 2 aliphatic heterocycles. The van der Waals surface area contributed by atoms with Crippen LogP contribution in [0.3, 0.4) is 0 Å². The quantitative estimate of drug-likeness (QED) is 0.731. The summed E-state index contributed by atoms with van der Waals surface area (Å²) in [5.74, 6) is 0.0954. The summed E-state index contributed by atoms with van der Waals surface area (Å²) in [5.41, 5.74) is 0.570. The number of aromatic nitrogens is 2. The summed E-state index contributed by atoms with van der Waals surface area (Å²) >= 11 is 0. The number of ether oxygens (including phenoxy) is 2. The molecule has 0 amide bonds. The van der Waals surface area contributed by atoms with Gasteiger partial charge in [-0.1, -0.05) is 13.3 Å².